The summed E-state index contributed by atoms with van der Waals surface area (Å²) in [5, 5.41) is 13.1. The Balaban J connectivity index is 1.85. The number of nitrogens with one attached hydrogen (secondary N) is 1. The number of aliphatic hydroxyl groups is 1. The summed E-state index contributed by atoms with van der Waals surface area (Å²) in [5.74, 6) is -0.158. The van der Waals surface area contributed by atoms with Crippen molar-refractivity contribution >= 4 is 10.0 Å². The van der Waals surface area contributed by atoms with E-state index in [1.54, 1.807) is 0 Å². The third-order valence-electron chi connectivity index (χ3n) is 3.01. The first-order valence-corrected chi connectivity index (χ1v) is 7.27. The molecule has 0 bridgehead atoms. The van der Waals surface area contributed by atoms with Gasteiger partial charge < -0.3 is 9.63 Å². The normalized spacial score (nSPS) is 25.2. The third kappa shape index (κ3) is 3.52. The highest BCUT2D eigenvalue weighted by Gasteiger charge is 2.26. The maximum absolute atomic E-state index is 11.7. The van der Waals surface area contributed by atoms with Gasteiger partial charge in [0.05, 0.1) is 11.8 Å². The van der Waals surface area contributed by atoms with Crippen molar-refractivity contribution < 1.29 is 18.0 Å². The molecule has 17 heavy (non-hydrogen) atoms. The van der Waals surface area contributed by atoms with Crippen molar-refractivity contribution in [2.45, 2.75) is 31.1 Å². The van der Waals surface area contributed by atoms with E-state index in [4.69, 9.17) is 0 Å². The van der Waals surface area contributed by atoms with Crippen LogP contribution < -0.4 is 4.72 Å². The Hall–Kier alpha value is -0.920. The van der Waals surface area contributed by atoms with Gasteiger partial charge in [-0.2, -0.15) is 0 Å². The first kappa shape index (κ1) is 12.5. The minimum atomic E-state index is -3.40. The van der Waals surface area contributed by atoms with Crippen LogP contribution in [0.2, 0.25) is 0 Å². The molecule has 1 aromatic heterocycles. The highest BCUT2D eigenvalue weighted by Crippen LogP contribution is 2.24. The maximum Gasteiger partial charge on any atom is 0.217 e. The summed E-state index contributed by atoms with van der Waals surface area (Å²) < 4.78 is 30.4. The molecule has 1 saturated carbocycles. The third-order valence-corrected chi connectivity index (χ3v) is 4.30. The molecule has 1 heterocycles. The van der Waals surface area contributed by atoms with E-state index < -0.39 is 10.0 Å². The summed E-state index contributed by atoms with van der Waals surface area (Å²) in [5.41, 5.74) is 0.379. The van der Waals surface area contributed by atoms with Gasteiger partial charge in [0.2, 0.25) is 10.0 Å². The Bertz CT molecular complexity index is 443. The van der Waals surface area contributed by atoms with E-state index in [0.29, 0.717) is 12.2 Å². The Labute approximate surface area is 100 Å². The molecule has 1 fully saturated rings. The molecule has 2 unspecified atom stereocenters. The topological polar surface area (TPSA) is 92.4 Å². The Morgan fingerprint density at radius 1 is 1.53 bits per heavy atom. The fourth-order valence-corrected chi connectivity index (χ4v) is 3.16. The molecule has 0 aliphatic heterocycles. The van der Waals surface area contributed by atoms with Crippen LogP contribution in [0.1, 0.15) is 25.0 Å². The van der Waals surface area contributed by atoms with Crippen LogP contribution in [-0.2, 0) is 15.8 Å². The van der Waals surface area contributed by atoms with Crippen LogP contribution in [0.15, 0.2) is 16.9 Å². The molecule has 2 N–H and O–H groups in total. The van der Waals surface area contributed by atoms with E-state index in [1.165, 1.54) is 12.3 Å². The summed E-state index contributed by atoms with van der Waals surface area (Å²) in [7, 11) is -3.40. The highest BCUT2D eigenvalue weighted by molar-refractivity contribution is 7.88. The SMILES string of the molecule is O=S(=O)(Cc1ccon1)NCC1CCCC1O. The quantitative estimate of drug-likeness (QED) is 0.792. The van der Waals surface area contributed by atoms with Crippen LogP contribution in [0.25, 0.3) is 0 Å². The molecule has 1 aromatic rings. The second-order valence-electron chi connectivity index (χ2n) is 4.36. The molecule has 2 rings (SSSR count). The van der Waals surface area contributed by atoms with Gasteiger partial charge in [-0.3, -0.25) is 0 Å². The number of hydrogen-bond donors (Lipinski definition) is 2. The lowest BCUT2D eigenvalue weighted by Crippen LogP contribution is -2.33. The predicted octanol–water partition coefficient (Wildman–Crippen LogP) is 0.255. The van der Waals surface area contributed by atoms with E-state index in [1.807, 2.05) is 0 Å². The lowest BCUT2D eigenvalue weighted by molar-refractivity contribution is 0.134. The predicted molar refractivity (Wildman–Crippen MR) is 60.5 cm³/mol. The van der Waals surface area contributed by atoms with Crippen molar-refractivity contribution in [1.82, 2.24) is 9.88 Å². The molecule has 0 radical (unpaired) electrons. The van der Waals surface area contributed by atoms with Gasteiger partial charge in [-0.05, 0) is 18.8 Å². The van der Waals surface area contributed by atoms with Crippen LogP contribution in [0, 0.1) is 5.92 Å². The summed E-state index contributed by atoms with van der Waals surface area (Å²) in [6.07, 6.45) is 3.54. The number of rotatable bonds is 5. The van der Waals surface area contributed by atoms with Crippen molar-refractivity contribution in [3.8, 4) is 0 Å². The molecule has 2 atom stereocenters. The van der Waals surface area contributed by atoms with Crippen LogP contribution >= 0.6 is 0 Å². The first-order chi connectivity index (χ1) is 8.07. The molecule has 1 aliphatic carbocycles. The van der Waals surface area contributed by atoms with Crippen molar-refractivity contribution in [3.63, 3.8) is 0 Å². The molecular weight excluding hydrogens is 244 g/mol. The molecule has 1 aliphatic rings. The minimum absolute atomic E-state index is 0.0297. The van der Waals surface area contributed by atoms with Gasteiger partial charge in [0, 0.05) is 12.6 Å². The summed E-state index contributed by atoms with van der Waals surface area (Å²) in [6.45, 7) is 0.293. The lowest BCUT2D eigenvalue weighted by atomic mass is 10.1. The molecule has 0 saturated heterocycles. The molecular formula is C10H16N2O4S. The molecule has 0 aromatic carbocycles. The van der Waals surface area contributed by atoms with E-state index in [0.717, 1.165) is 19.3 Å². The second kappa shape index (κ2) is 5.16. The van der Waals surface area contributed by atoms with Gasteiger partial charge in [0.15, 0.2) is 0 Å². The van der Waals surface area contributed by atoms with Crippen LogP contribution in [0.5, 0.6) is 0 Å². The van der Waals surface area contributed by atoms with Crippen molar-refractivity contribution in [1.29, 1.82) is 0 Å². The van der Waals surface area contributed by atoms with Gasteiger partial charge in [-0.25, -0.2) is 13.1 Å². The number of aliphatic hydroxyl groups excluding tert-OH is 1. The fraction of sp³-hybridized carbons (Fsp3) is 0.700. The number of aromatic nitrogens is 1. The van der Waals surface area contributed by atoms with Gasteiger partial charge in [-0.15, -0.1) is 0 Å². The van der Waals surface area contributed by atoms with E-state index in [9.17, 15) is 13.5 Å². The van der Waals surface area contributed by atoms with E-state index in [-0.39, 0.29) is 17.8 Å². The smallest absolute Gasteiger partial charge is 0.217 e. The molecule has 6 nitrogen and oxygen atoms in total. The number of sulfonamides is 1. The Kier molecular flexibility index (Phi) is 3.80. The van der Waals surface area contributed by atoms with Crippen molar-refractivity contribution in [3.05, 3.63) is 18.0 Å². The standard InChI is InChI=1S/C10H16N2O4S/c13-10-3-1-2-8(10)6-11-17(14,15)7-9-4-5-16-12-9/h4-5,8,10-11,13H,1-3,6-7H2. The molecule has 96 valence electrons. The van der Waals surface area contributed by atoms with Crippen molar-refractivity contribution in [2.24, 2.45) is 5.92 Å². The second-order valence-corrected chi connectivity index (χ2v) is 6.16. The van der Waals surface area contributed by atoms with E-state index >= 15 is 0 Å². The first-order valence-electron chi connectivity index (χ1n) is 5.61. The highest BCUT2D eigenvalue weighted by atomic mass is 32.2. The minimum Gasteiger partial charge on any atom is -0.393 e. The largest absolute Gasteiger partial charge is 0.393 e. The zero-order valence-corrected chi connectivity index (χ0v) is 10.2. The molecule has 0 amide bonds. The van der Waals surface area contributed by atoms with Gasteiger partial charge in [0.1, 0.15) is 12.0 Å². The number of hydrogen-bond acceptors (Lipinski definition) is 5. The lowest BCUT2D eigenvalue weighted by Gasteiger charge is -2.14. The van der Waals surface area contributed by atoms with Gasteiger partial charge in [0.25, 0.3) is 0 Å². The average Bonchev–Trinajstić information content (AvgIpc) is 2.87. The van der Waals surface area contributed by atoms with E-state index in [2.05, 4.69) is 14.4 Å². The van der Waals surface area contributed by atoms with Crippen molar-refractivity contribution in [2.75, 3.05) is 6.54 Å². The van der Waals surface area contributed by atoms with Crippen LogP contribution in [-0.4, -0.2) is 31.3 Å². The zero-order valence-electron chi connectivity index (χ0n) is 9.37. The number of nitrogens with zero attached hydrogens (tertiary/aromatic N) is 1. The summed E-state index contributed by atoms with van der Waals surface area (Å²) in [4.78, 5) is 0. The fourth-order valence-electron chi connectivity index (χ4n) is 2.05. The summed E-state index contributed by atoms with van der Waals surface area (Å²) >= 11 is 0. The van der Waals surface area contributed by atoms with Crippen LogP contribution in [0.3, 0.4) is 0 Å². The molecule has 0 spiro atoms. The zero-order chi connectivity index (χ0) is 12.3. The molecule has 7 heteroatoms. The summed E-state index contributed by atoms with van der Waals surface area (Å²) in [6, 6.07) is 1.52. The van der Waals surface area contributed by atoms with Gasteiger partial charge >= 0.3 is 0 Å². The maximum atomic E-state index is 11.7. The van der Waals surface area contributed by atoms with Crippen LogP contribution in [0.4, 0.5) is 0 Å². The monoisotopic (exact) mass is 260 g/mol. The Morgan fingerprint density at radius 2 is 2.35 bits per heavy atom. The Morgan fingerprint density at radius 3 is 2.94 bits per heavy atom. The average molecular weight is 260 g/mol. The van der Waals surface area contributed by atoms with Gasteiger partial charge in [-0.1, -0.05) is 11.6 Å².